The van der Waals surface area contributed by atoms with Gasteiger partial charge in [-0.25, -0.2) is 0 Å². The Hall–Kier alpha value is -2.31. The van der Waals surface area contributed by atoms with Crippen molar-refractivity contribution in [3.63, 3.8) is 0 Å². The zero-order valence-corrected chi connectivity index (χ0v) is 18.4. The summed E-state index contributed by atoms with van der Waals surface area (Å²) in [5, 5.41) is 3.09. The Bertz CT molecular complexity index is 711. The van der Waals surface area contributed by atoms with Crippen LogP contribution in [0, 0.1) is 0 Å². The summed E-state index contributed by atoms with van der Waals surface area (Å²) in [5.41, 5.74) is 1.23. The minimum absolute atomic E-state index is 0.0257. The van der Waals surface area contributed by atoms with Crippen LogP contribution < -0.4 is 10.1 Å². The summed E-state index contributed by atoms with van der Waals surface area (Å²) < 4.78 is 10.8. The number of nitrogens with one attached hydrogen (secondary N) is 1. The summed E-state index contributed by atoms with van der Waals surface area (Å²) in [6, 6.07) is 12.2. The minimum Gasteiger partial charge on any atom is -0.497 e. The number of nitrogens with zero attached hydrogens (tertiary/aromatic N) is 2. The molecular weight excluding hydrogens is 366 g/mol. The Morgan fingerprint density at radius 3 is 2.41 bits per heavy atom. The first-order valence-corrected chi connectivity index (χ1v) is 10.4. The van der Waals surface area contributed by atoms with Gasteiger partial charge in [0.2, 0.25) is 5.91 Å². The van der Waals surface area contributed by atoms with Crippen molar-refractivity contribution in [3.05, 3.63) is 54.0 Å². The van der Waals surface area contributed by atoms with Crippen molar-refractivity contribution in [1.82, 2.24) is 15.1 Å². The SMILES string of the molecule is CCN(CC)C(CNC(=O)CN(C)C(C)Cc1ccc(OC)cc1)c1ccco1. The average Bonchev–Trinajstić information content (AvgIpc) is 3.26. The monoisotopic (exact) mass is 401 g/mol. The number of hydrogen-bond donors (Lipinski definition) is 1. The number of carbonyl (C=O) groups is 1. The number of benzene rings is 1. The molecule has 160 valence electrons. The molecule has 0 spiro atoms. The molecule has 0 saturated heterocycles. The standard InChI is InChI=1S/C23H35N3O3/c1-6-26(7-2)21(22-9-8-14-29-22)16-24-23(27)17-25(4)18(3)15-19-10-12-20(28-5)13-11-19/h8-14,18,21H,6-7,15-17H2,1-5H3,(H,24,27). The molecule has 1 aromatic carbocycles. The van der Waals surface area contributed by atoms with Crippen LogP contribution in [0.25, 0.3) is 0 Å². The van der Waals surface area contributed by atoms with Crippen molar-refractivity contribution in [3.8, 4) is 5.75 Å². The molecule has 6 nitrogen and oxygen atoms in total. The fourth-order valence-corrected chi connectivity index (χ4v) is 3.46. The van der Waals surface area contributed by atoms with E-state index in [4.69, 9.17) is 9.15 Å². The third-order valence-electron chi connectivity index (χ3n) is 5.45. The van der Waals surface area contributed by atoms with Gasteiger partial charge in [0.15, 0.2) is 0 Å². The third-order valence-corrected chi connectivity index (χ3v) is 5.45. The van der Waals surface area contributed by atoms with E-state index in [2.05, 4.69) is 48.0 Å². The van der Waals surface area contributed by atoms with Gasteiger partial charge in [0.1, 0.15) is 11.5 Å². The van der Waals surface area contributed by atoms with E-state index in [0.717, 1.165) is 31.0 Å². The van der Waals surface area contributed by atoms with Gasteiger partial charge in [-0.15, -0.1) is 0 Å². The fraction of sp³-hybridized carbons (Fsp3) is 0.522. The summed E-state index contributed by atoms with van der Waals surface area (Å²) in [4.78, 5) is 16.9. The maximum atomic E-state index is 12.5. The van der Waals surface area contributed by atoms with Crippen molar-refractivity contribution in [1.29, 1.82) is 0 Å². The summed E-state index contributed by atoms with van der Waals surface area (Å²) in [7, 11) is 3.66. The zero-order chi connectivity index (χ0) is 21.2. The second kappa shape index (κ2) is 11.6. The van der Waals surface area contributed by atoms with Gasteiger partial charge in [-0.3, -0.25) is 14.6 Å². The van der Waals surface area contributed by atoms with E-state index in [1.54, 1.807) is 13.4 Å². The van der Waals surface area contributed by atoms with Crippen molar-refractivity contribution in [2.24, 2.45) is 0 Å². The van der Waals surface area contributed by atoms with Gasteiger partial charge in [-0.2, -0.15) is 0 Å². The predicted octanol–water partition coefficient (Wildman–Crippen LogP) is 3.35. The quantitative estimate of drug-likeness (QED) is 0.591. The van der Waals surface area contributed by atoms with Gasteiger partial charge in [0.25, 0.3) is 0 Å². The molecule has 2 rings (SSSR count). The van der Waals surface area contributed by atoms with E-state index >= 15 is 0 Å². The van der Waals surface area contributed by atoms with Crippen molar-refractivity contribution in [2.75, 3.05) is 40.3 Å². The van der Waals surface area contributed by atoms with Crippen LogP contribution in [0.1, 0.15) is 38.1 Å². The number of methoxy groups -OCH3 is 1. The lowest BCUT2D eigenvalue weighted by molar-refractivity contribution is -0.122. The van der Waals surface area contributed by atoms with Crippen molar-refractivity contribution < 1.29 is 13.9 Å². The lowest BCUT2D eigenvalue weighted by atomic mass is 10.1. The van der Waals surface area contributed by atoms with E-state index in [1.807, 2.05) is 31.3 Å². The van der Waals surface area contributed by atoms with Crippen molar-refractivity contribution >= 4 is 5.91 Å². The Morgan fingerprint density at radius 1 is 1.17 bits per heavy atom. The number of rotatable bonds is 12. The first-order chi connectivity index (χ1) is 14.0. The number of likely N-dealkylation sites (N-methyl/N-ethyl adjacent to an activating group) is 2. The lowest BCUT2D eigenvalue weighted by Crippen LogP contribution is -2.43. The van der Waals surface area contributed by atoms with Crippen LogP contribution in [0.5, 0.6) is 5.75 Å². The Morgan fingerprint density at radius 2 is 1.86 bits per heavy atom. The average molecular weight is 402 g/mol. The third kappa shape index (κ3) is 6.91. The van der Waals surface area contributed by atoms with Crippen LogP contribution in [0.15, 0.2) is 47.1 Å². The summed E-state index contributed by atoms with van der Waals surface area (Å²) in [6.45, 7) is 9.08. The van der Waals surface area contributed by atoms with Crippen LogP contribution >= 0.6 is 0 Å². The van der Waals surface area contributed by atoms with Crippen LogP contribution in [0.2, 0.25) is 0 Å². The summed E-state index contributed by atoms with van der Waals surface area (Å²) in [5.74, 6) is 1.77. The molecule has 0 saturated carbocycles. The molecule has 0 aliphatic heterocycles. The second-order valence-electron chi connectivity index (χ2n) is 7.37. The molecule has 1 aromatic heterocycles. The van der Waals surface area contributed by atoms with Gasteiger partial charge < -0.3 is 14.5 Å². The van der Waals surface area contributed by atoms with Crippen LogP contribution in [-0.2, 0) is 11.2 Å². The van der Waals surface area contributed by atoms with Crippen LogP contribution in [0.3, 0.4) is 0 Å². The highest BCUT2D eigenvalue weighted by Crippen LogP contribution is 2.20. The largest absolute Gasteiger partial charge is 0.497 e. The molecule has 1 N–H and O–H groups in total. The van der Waals surface area contributed by atoms with E-state index < -0.39 is 0 Å². The second-order valence-corrected chi connectivity index (χ2v) is 7.37. The van der Waals surface area contributed by atoms with Gasteiger partial charge in [-0.1, -0.05) is 26.0 Å². The number of hydrogen-bond acceptors (Lipinski definition) is 5. The molecule has 2 unspecified atom stereocenters. The molecule has 0 aliphatic rings. The van der Waals surface area contributed by atoms with Crippen LogP contribution in [0.4, 0.5) is 0 Å². The topological polar surface area (TPSA) is 58.0 Å². The molecule has 2 atom stereocenters. The first-order valence-electron chi connectivity index (χ1n) is 10.4. The zero-order valence-electron chi connectivity index (χ0n) is 18.4. The predicted molar refractivity (Wildman–Crippen MR) is 116 cm³/mol. The van der Waals surface area contributed by atoms with Crippen molar-refractivity contribution in [2.45, 2.75) is 39.3 Å². The first kappa shape index (κ1) is 23.0. The van der Waals surface area contributed by atoms with Gasteiger partial charge in [0.05, 0.1) is 26.0 Å². The Kier molecular flexibility index (Phi) is 9.22. The number of furan rings is 1. The minimum atomic E-state index is 0.0257. The van der Waals surface area contributed by atoms with Gasteiger partial charge >= 0.3 is 0 Å². The fourth-order valence-electron chi connectivity index (χ4n) is 3.46. The molecule has 0 fully saturated rings. The van der Waals surface area contributed by atoms with Gasteiger partial charge in [-0.05, 0) is 63.3 Å². The molecule has 6 heteroatoms. The van der Waals surface area contributed by atoms with E-state index in [1.165, 1.54) is 5.56 Å². The summed E-state index contributed by atoms with van der Waals surface area (Å²) in [6.07, 6.45) is 2.56. The lowest BCUT2D eigenvalue weighted by Gasteiger charge is -2.29. The normalized spacial score (nSPS) is 13.5. The highest BCUT2D eigenvalue weighted by molar-refractivity contribution is 5.78. The molecule has 0 aliphatic carbocycles. The Labute approximate surface area is 174 Å². The highest BCUT2D eigenvalue weighted by Gasteiger charge is 2.22. The van der Waals surface area contributed by atoms with Crippen LogP contribution in [-0.4, -0.2) is 62.1 Å². The Balaban J connectivity index is 1.85. The highest BCUT2D eigenvalue weighted by atomic mass is 16.5. The molecule has 0 bridgehead atoms. The number of carbonyl (C=O) groups excluding carboxylic acids is 1. The summed E-state index contributed by atoms with van der Waals surface area (Å²) >= 11 is 0. The molecule has 1 heterocycles. The molecular formula is C23H35N3O3. The smallest absolute Gasteiger partial charge is 0.234 e. The maximum Gasteiger partial charge on any atom is 0.234 e. The molecule has 0 radical (unpaired) electrons. The molecule has 1 amide bonds. The van der Waals surface area contributed by atoms with E-state index in [9.17, 15) is 4.79 Å². The molecule has 29 heavy (non-hydrogen) atoms. The van der Waals surface area contributed by atoms with E-state index in [0.29, 0.717) is 13.1 Å². The maximum absolute atomic E-state index is 12.5. The molecule has 2 aromatic rings. The van der Waals surface area contributed by atoms with E-state index in [-0.39, 0.29) is 18.0 Å². The number of ether oxygens (including phenoxy) is 1. The van der Waals surface area contributed by atoms with Gasteiger partial charge in [0, 0.05) is 12.6 Å². The number of amides is 1.